The number of ether oxygens (including phenoxy) is 2. The lowest BCUT2D eigenvalue weighted by molar-refractivity contribution is -0.123. The Hall–Kier alpha value is -3.12. The second-order valence-electron chi connectivity index (χ2n) is 5.34. The molecule has 26 heavy (non-hydrogen) atoms. The summed E-state index contributed by atoms with van der Waals surface area (Å²) in [7, 11) is 0. The highest BCUT2D eigenvalue weighted by molar-refractivity contribution is 7.11. The lowest BCUT2D eigenvalue weighted by Crippen LogP contribution is -2.24. The van der Waals surface area contributed by atoms with Gasteiger partial charge >= 0.3 is 0 Å². The fourth-order valence-electron chi connectivity index (χ4n) is 2.09. The molecule has 5 nitrogen and oxygen atoms in total. The smallest absolute Gasteiger partial charge is 0.277 e. The number of benzene rings is 2. The highest BCUT2D eigenvalue weighted by Crippen LogP contribution is 2.18. The fraction of sp³-hybridized carbons (Fsp3) is 0.100. The van der Waals surface area contributed by atoms with E-state index < -0.39 is 0 Å². The van der Waals surface area contributed by atoms with Gasteiger partial charge in [-0.25, -0.2) is 5.43 Å². The summed E-state index contributed by atoms with van der Waals surface area (Å²) in [6, 6.07) is 20.9. The first-order valence-electron chi connectivity index (χ1n) is 8.04. The second kappa shape index (κ2) is 9.39. The summed E-state index contributed by atoms with van der Waals surface area (Å²) in [6.45, 7) is 0.400. The number of thiophene rings is 1. The molecule has 132 valence electrons. The maximum absolute atomic E-state index is 11.7. The molecule has 0 saturated carbocycles. The summed E-state index contributed by atoms with van der Waals surface area (Å²) < 4.78 is 11.1. The molecule has 0 spiro atoms. The summed E-state index contributed by atoms with van der Waals surface area (Å²) >= 11 is 1.54. The van der Waals surface area contributed by atoms with Crippen molar-refractivity contribution in [2.75, 3.05) is 6.61 Å². The number of amides is 1. The van der Waals surface area contributed by atoms with Gasteiger partial charge in [0.15, 0.2) is 6.61 Å². The van der Waals surface area contributed by atoms with Gasteiger partial charge in [0, 0.05) is 4.88 Å². The third-order valence-corrected chi connectivity index (χ3v) is 4.17. The number of hydrogen-bond acceptors (Lipinski definition) is 5. The molecule has 2 aromatic carbocycles. The van der Waals surface area contributed by atoms with E-state index in [1.54, 1.807) is 29.7 Å². The molecule has 0 bridgehead atoms. The van der Waals surface area contributed by atoms with E-state index in [2.05, 4.69) is 10.5 Å². The fourth-order valence-corrected chi connectivity index (χ4v) is 2.67. The van der Waals surface area contributed by atoms with Crippen LogP contribution in [-0.4, -0.2) is 18.7 Å². The average Bonchev–Trinajstić information content (AvgIpc) is 3.20. The summed E-state index contributed by atoms with van der Waals surface area (Å²) in [5.74, 6) is 1.02. The van der Waals surface area contributed by atoms with Gasteiger partial charge in [-0.3, -0.25) is 4.79 Å². The van der Waals surface area contributed by atoms with Crippen molar-refractivity contribution in [1.29, 1.82) is 0 Å². The molecule has 1 N–H and O–H groups in total. The van der Waals surface area contributed by atoms with Gasteiger partial charge < -0.3 is 9.47 Å². The van der Waals surface area contributed by atoms with Crippen LogP contribution in [0, 0.1) is 0 Å². The minimum atomic E-state index is -0.317. The quantitative estimate of drug-likeness (QED) is 0.486. The Balaban J connectivity index is 1.40. The molecule has 6 heteroatoms. The molecule has 0 unspecified atom stereocenters. The van der Waals surface area contributed by atoms with Crippen molar-refractivity contribution in [1.82, 2.24) is 5.43 Å². The van der Waals surface area contributed by atoms with Crippen molar-refractivity contribution in [2.24, 2.45) is 5.10 Å². The second-order valence-corrected chi connectivity index (χ2v) is 6.32. The van der Waals surface area contributed by atoms with Crippen LogP contribution in [0.2, 0.25) is 0 Å². The molecule has 1 amide bonds. The van der Waals surface area contributed by atoms with E-state index in [1.807, 2.05) is 60.0 Å². The normalized spacial score (nSPS) is 10.6. The maximum Gasteiger partial charge on any atom is 0.277 e. The largest absolute Gasteiger partial charge is 0.489 e. The van der Waals surface area contributed by atoms with Crippen LogP contribution in [0.15, 0.2) is 77.2 Å². The van der Waals surface area contributed by atoms with Crippen LogP contribution >= 0.6 is 11.3 Å². The number of hydrazone groups is 1. The van der Waals surface area contributed by atoms with Crippen molar-refractivity contribution in [3.8, 4) is 11.5 Å². The first-order valence-corrected chi connectivity index (χ1v) is 8.92. The van der Waals surface area contributed by atoms with Crippen LogP contribution in [0.25, 0.3) is 0 Å². The van der Waals surface area contributed by atoms with Crippen LogP contribution < -0.4 is 14.9 Å². The first kappa shape index (κ1) is 17.7. The number of hydrogen-bond donors (Lipinski definition) is 1. The van der Waals surface area contributed by atoms with E-state index in [9.17, 15) is 4.79 Å². The van der Waals surface area contributed by atoms with E-state index in [0.717, 1.165) is 16.2 Å². The zero-order valence-electron chi connectivity index (χ0n) is 14.0. The Morgan fingerprint density at radius 2 is 1.69 bits per heavy atom. The van der Waals surface area contributed by atoms with Crippen LogP contribution in [0.4, 0.5) is 0 Å². The first-order chi connectivity index (χ1) is 12.8. The number of nitrogens with one attached hydrogen (secondary N) is 1. The SMILES string of the molecule is O=C(COc1ccc(OCc2ccccc2)cc1)N/N=C/c1cccs1. The summed E-state index contributed by atoms with van der Waals surface area (Å²) in [5.41, 5.74) is 3.53. The Kier molecular flexibility index (Phi) is 6.39. The van der Waals surface area contributed by atoms with Gasteiger partial charge in [0.2, 0.25) is 0 Å². The average molecular weight is 366 g/mol. The van der Waals surface area contributed by atoms with Crippen LogP contribution in [0.1, 0.15) is 10.4 Å². The third-order valence-electron chi connectivity index (χ3n) is 3.37. The van der Waals surface area contributed by atoms with E-state index in [1.165, 1.54) is 0 Å². The molecule has 0 saturated heterocycles. The summed E-state index contributed by atoms with van der Waals surface area (Å²) in [4.78, 5) is 12.7. The van der Waals surface area contributed by atoms with Gasteiger partial charge in [-0.15, -0.1) is 11.3 Å². The number of carbonyl (C=O) groups is 1. The molecule has 0 radical (unpaired) electrons. The lowest BCUT2D eigenvalue weighted by atomic mass is 10.2. The van der Waals surface area contributed by atoms with Gasteiger partial charge in [-0.05, 0) is 41.3 Å². The summed E-state index contributed by atoms with van der Waals surface area (Å²) in [5, 5.41) is 5.82. The van der Waals surface area contributed by atoms with Crippen LogP contribution in [0.3, 0.4) is 0 Å². The molecule has 1 aromatic heterocycles. The van der Waals surface area contributed by atoms with Gasteiger partial charge in [-0.1, -0.05) is 36.4 Å². The molecule has 0 fully saturated rings. The maximum atomic E-state index is 11.7. The molecule has 1 heterocycles. The Labute approximate surface area is 155 Å². The van der Waals surface area contributed by atoms with E-state index in [-0.39, 0.29) is 12.5 Å². The zero-order valence-corrected chi connectivity index (χ0v) is 14.8. The number of nitrogens with zero attached hydrogens (tertiary/aromatic N) is 1. The van der Waals surface area contributed by atoms with Crippen molar-refractivity contribution >= 4 is 23.5 Å². The van der Waals surface area contributed by atoms with Crippen molar-refractivity contribution < 1.29 is 14.3 Å². The van der Waals surface area contributed by atoms with Gasteiger partial charge in [0.25, 0.3) is 5.91 Å². The lowest BCUT2D eigenvalue weighted by Gasteiger charge is -2.08. The molecule has 0 aliphatic heterocycles. The molecule has 0 aliphatic rings. The van der Waals surface area contributed by atoms with Gasteiger partial charge in [0.1, 0.15) is 18.1 Å². The number of rotatable bonds is 8. The zero-order chi connectivity index (χ0) is 18.0. The van der Waals surface area contributed by atoms with Crippen LogP contribution in [0.5, 0.6) is 11.5 Å². The van der Waals surface area contributed by atoms with E-state index >= 15 is 0 Å². The highest BCUT2D eigenvalue weighted by Gasteiger charge is 2.02. The van der Waals surface area contributed by atoms with E-state index in [0.29, 0.717) is 12.4 Å². The predicted molar refractivity (Wildman–Crippen MR) is 103 cm³/mol. The van der Waals surface area contributed by atoms with E-state index in [4.69, 9.17) is 9.47 Å². The number of carbonyl (C=O) groups excluding carboxylic acids is 1. The molecule has 0 atom stereocenters. The Morgan fingerprint density at radius 3 is 2.38 bits per heavy atom. The van der Waals surface area contributed by atoms with Crippen LogP contribution in [-0.2, 0) is 11.4 Å². The Morgan fingerprint density at radius 1 is 0.962 bits per heavy atom. The Bertz CT molecular complexity index is 831. The standard InChI is InChI=1S/C20H18N2O3S/c23-20(22-21-13-19-7-4-12-26-19)15-25-18-10-8-17(9-11-18)24-14-16-5-2-1-3-6-16/h1-13H,14-15H2,(H,22,23)/b21-13+. The minimum Gasteiger partial charge on any atom is -0.489 e. The topological polar surface area (TPSA) is 59.9 Å². The molecule has 0 aliphatic carbocycles. The van der Waals surface area contributed by atoms with Crippen molar-refractivity contribution in [3.63, 3.8) is 0 Å². The molecular weight excluding hydrogens is 348 g/mol. The van der Waals surface area contributed by atoms with Gasteiger partial charge in [-0.2, -0.15) is 5.10 Å². The van der Waals surface area contributed by atoms with Gasteiger partial charge in [0.05, 0.1) is 6.21 Å². The molecular formula is C20H18N2O3S. The predicted octanol–water partition coefficient (Wildman–Crippen LogP) is 3.86. The van der Waals surface area contributed by atoms with Crippen molar-refractivity contribution in [3.05, 3.63) is 82.6 Å². The molecule has 3 rings (SSSR count). The highest BCUT2D eigenvalue weighted by atomic mass is 32.1. The monoisotopic (exact) mass is 366 g/mol. The minimum absolute atomic E-state index is 0.105. The third kappa shape index (κ3) is 5.75. The summed E-state index contributed by atoms with van der Waals surface area (Å²) in [6.07, 6.45) is 1.60. The molecule has 3 aromatic rings. The van der Waals surface area contributed by atoms with Crippen molar-refractivity contribution in [2.45, 2.75) is 6.61 Å².